The number of aromatic nitrogens is 4. The molecule has 198 valence electrons. The van der Waals surface area contributed by atoms with Gasteiger partial charge in [0.15, 0.2) is 5.82 Å². The quantitative estimate of drug-likeness (QED) is 0.372. The van der Waals surface area contributed by atoms with Gasteiger partial charge in [-0.2, -0.15) is 10.1 Å². The summed E-state index contributed by atoms with van der Waals surface area (Å²) >= 11 is 0. The Kier molecular flexibility index (Phi) is 5.87. The number of nitrogens with zero attached hydrogens (tertiary/aromatic N) is 6. The highest BCUT2D eigenvalue weighted by Gasteiger charge is 2.33. The molecule has 0 amide bonds. The van der Waals surface area contributed by atoms with E-state index in [0.29, 0.717) is 47.4 Å². The number of aryl methyl sites for hydroxylation is 2. The first kappa shape index (κ1) is 24.7. The molecule has 39 heavy (non-hydrogen) atoms. The second-order valence-corrected chi connectivity index (χ2v) is 10.7. The number of hydrogen-bond donors (Lipinski definition) is 2. The number of halogens is 2. The fraction of sp³-hybridized carbons (Fsp3) is 0.154. The predicted molar refractivity (Wildman–Crippen MR) is 144 cm³/mol. The highest BCUT2D eigenvalue weighted by Crippen LogP contribution is 2.39. The first-order chi connectivity index (χ1) is 18.7. The predicted octanol–water partition coefficient (Wildman–Crippen LogP) is 4.11. The van der Waals surface area contributed by atoms with Gasteiger partial charge in [0.1, 0.15) is 22.4 Å². The molecule has 2 aliphatic rings. The van der Waals surface area contributed by atoms with E-state index in [1.165, 1.54) is 18.2 Å². The summed E-state index contributed by atoms with van der Waals surface area (Å²) in [6.07, 6.45) is 6.82. The zero-order valence-corrected chi connectivity index (χ0v) is 21.7. The monoisotopic (exact) mass is 548 g/mol. The van der Waals surface area contributed by atoms with Crippen molar-refractivity contribution in [2.45, 2.75) is 11.8 Å². The highest BCUT2D eigenvalue weighted by atomic mass is 32.2. The van der Waals surface area contributed by atoms with E-state index >= 15 is 4.39 Å². The lowest BCUT2D eigenvalue weighted by molar-refractivity contribution is 0.569. The van der Waals surface area contributed by atoms with Gasteiger partial charge in [0.25, 0.3) is 10.0 Å². The Morgan fingerprint density at radius 1 is 1.08 bits per heavy atom. The average Bonchev–Trinajstić information content (AvgIpc) is 3.55. The number of amidine groups is 1. The maximum Gasteiger partial charge on any atom is 0.264 e. The summed E-state index contributed by atoms with van der Waals surface area (Å²) in [4.78, 5) is 15.0. The molecule has 0 fully saturated rings. The van der Waals surface area contributed by atoms with E-state index < -0.39 is 26.6 Å². The van der Waals surface area contributed by atoms with Crippen LogP contribution in [0.5, 0.6) is 0 Å². The lowest BCUT2D eigenvalue weighted by Gasteiger charge is -2.28. The van der Waals surface area contributed by atoms with Gasteiger partial charge in [-0.15, -0.1) is 0 Å². The van der Waals surface area contributed by atoms with Gasteiger partial charge in [0.2, 0.25) is 5.95 Å². The number of benzene rings is 2. The van der Waals surface area contributed by atoms with Gasteiger partial charge >= 0.3 is 0 Å². The van der Waals surface area contributed by atoms with Gasteiger partial charge < -0.3 is 10.2 Å². The summed E-state index contributed by atoms with van der Waals surface area (Å²) in [7, 11) is -2.58. The van der Waals surface area contributed by atoms with Gasteiger partial charge in [-0.1, -0.05) is 18.2 Å². The maximum absolute atomic E-state index is 16.0. The van der Waals surface area contributed by atoms with Crippen LogP contribution in [-0.4, -0.2) is 47.1 Å². The fourth-order valence-electron chi connectivity index (χ4n) is 4.61. The van der Waals surface area contributed by atoms with Crippen LogP contribution in [0.3, 0.4) is 0 Å². The molecule has 4 heterocycles. The molecule has 4 aromatic rings. The molecular formula is C26H22F2N8O2S. The van der Waals surface area contributed by atoms with Crippen molar-refractivity contribution in [3.05, 3.63) is 83.3 Å². The highest BCUT2D eigenvalue weighted by molar-refractivity contribution is 7.92. The molecule has 13 heteroatoms. The van der Waals surface area contributed by atoms with Gasteiger partial charge in [0.05, 0.1) is 24.1 Å². The van der Waals surface area contributed by atoms with Crippen LogP contribution in [0, 0.1) is 18.6 Å². The summed E-state index contributed by atoms with van der Waals surface area (Å²) in [5.41, 5.74) is 2.30. The SMILES string of the molecule is Cc1ccc(NS(=O)(=O)c2ccccc2F)c(F)c1C1=Cc2cnc(Nc3cnn(C)c3)nc2N2CCN=C12. The molecule has 0 aliphatic carbocycles. The van der Waals surface area contributed by atoms with Crippen LogP contribution in [0.2, 0.25) is 0 Å². The number of sulfonamides is 1. The first-order valence-corrected chi connectivity index (χ1v) is 13.4. The van der Waals surface area contributed by atoms with Crippen molar-refractivity contribution in [2.75, 3.05) is 28.0 Å². The van der Waals surface area contributed by atoms with Crippen molar-refractivity contribution in [1.82, 2.24) is 19.7 Å². The third-order valence-electron chi connectivity index (χ3n) is 6.38. The maximum atomic E-state index is 16.0. The number of anilines is 4. The van der Waals surface area contributed by atoms with Crippen LogP contribution in [0.1, 0.15) is 16.7 Å². The van der Waals surface area contributed by atoms with Gasteiger partial charge in [0, 0.05) is 42.7 Å². The van der Waals surface area contributed by atoms with E-state index in [-0.39, 0.29) is 11.3 Å². The zero-order chi connectivity index (χ0) is 27.3. The molecule has 0 saturated heterocycles. The minimum atomic E-state index is -4.38. The summed E-state index contributed by atoms with van der Waals surface area (Å²) in [6, 6.07) is 7.84. The molecule has 0 bridgehead atoms. The molecule has 10 nitrogen and oxygen atoms in total. The number of aliphatic imine (C=N–C) groups is 1. The van der Waals surface area contributed by atoms with Crippen molar-refractivity contribution < 1.29 is 17.2 Å². The van der Waals surface area contributed by atoms with Crippen LogP contribution in [0.15, 0.2) is 64.9 Å². The molecule has 6 rings (SSSR count). The molecule has 2 aliphatic heterocycles. The lowest BCUT2D eigenvalue weighted by atomic mass is 9.94. The number of fused-ring (bicyclic) bond motifs is 3. The van der Waals surface area contributed by atoms with Crippen molar-refractivity contribution in [2.24, 2.45) is 12.0 Å². The third kappa shape index (κ3) is 4.40. The van der Waals surface area contributed by atoms with Crippen LogP contribution < -0.4 is 14.9 Å². The smallest absolute Gasteiger partial charge is 0.264 e. The molecule has 0 spiro atoms. The van der Waals surface area contributed by atoms with E-state index in [2.05, 4.69) is 30.1 Å². The lowest BCUT2D eigenvalue weighted by Crippen LogP contribution is -2.33. The first-order valence-electron chi connectivity index (χ1n) is 11.9. The summed E-state index contributed by atoms with van der Waals surface area (Å²) < 4.78 is 59.8. The fourth-order valence-corrected chi connectivity index (χ4v) is 5.75. The molecular weight excluding hydrogens is 526 g/mol. The Morgan fingerprint density at radius 2 is 1.90 bits per heavy atom. The molecule has 0 radical (unpaired) electrons. The minimum absolute atomic E-state index is 0.178. The molecule has 0 unspecified atom stereocenters. The van der Waals surface area contributed by atoms with Crippen LogP contribution >= 0.6 is 0 Å². The second-order valence-electron chi connectivity index (χ2n) is 9.07. The normalized spacial score (nSPS) is 14.4. The van der Waals surface area contributed by atoms with Crippen molar-refractivity contribution in [3.63, 3.8) is 0 Å². The largest absolute Gasteiger partial charge is 0.321 e. The van der Waals surface area contributed by atoms with Crippen LogP contribution in [-0.2, 0) is 17.1 Å². The van der Waals surface area contributed by atoms with E-state index in [1.807, 2.05) is 4.90 Å². The summed E-state index contributed by atoms with van der Waals surface area (Å²) in [5, 5.41) is 7.24. The van der Waals surface area contributed by atoms with E-state index in [1.54, 1.807) is 49.4 Å². The Morgan fingerprint density at radius 3 is 2.67 bits per heavy atom. The molecule has 2 N–H and O–H groups in total. The van der Waals surface area contributed by atoms with E-state index in [0.717, 1.165) is 17.8 Å². The van der Waals surface area contributed by atoms with Crippen LogP contribution in [0.4, 0.5) is 31.9 Å². The topological polar surface area (TPSA) is 117 Å². The van der Waals surface area contributed by atoms with Crippen molar-refractivity contribution in [3.8, 4) is 0 Å². The number of rotatable bonds is 6. The number of hydrogen-bond acceptors (Lipinski definition) is 8. The van der Waals surface area contributed by atoms with Gasteiger partial charge in [-0.25, -0.2) is 22.2 Å². The Hall–Kier alpha value is -4.65. The third-order valence-corrected chi connectivity index (χ3v) is 7.78. The standard InChI is InChI=1S/C26H22F2N8O2S/c1-15-7-8-20(34-39(37,38)21-6-4-3-5-19(21)27)23(28)22(15)18-11-16-12-30-26(32-17-13-31-35(2)14-17)33-24(16)36-10-9-29-25(18)36/h3-8,11-14,34H,9-10H2,1-2H3,(H,30,32,33). The molecule has 0 saturated carbocycles. The van der Waals surface area contributed by atoms with Gasteiger partial charge in [-0.3, -0.25) is 14.4 Å². The van der Waals surface area contributed by atoms with Crippen LogP contribution in [0.25, 0.3) is 11.6 Å². The number of nitrogens with one attached hydrogen (secondary N) is 2. The Labute approximate surface area is 222 Å². The summed E-state index contributed by atoms with van der Waals surface area (Å²) in [5.74, 6) is -0.222. The van der Waals surface area contributed by atoms with Gasteiger partial charge in [-0.05, 0) is 36.8 Å². The average molecular weight is 549 g/mol. The van der Waals surface area contributed by atoms with E-state index in [9.17, 15) is 12.8 Å². The molecule has 0 atom stereocenters. The second kappa shape index (κ2) is 9.27. The zero-order valence-electron chi connectivity index (χ0n) is 20.9. The summed E-state index contributed by atoms with van der Waals surface area (Å²) in [6.45, 7) is 2.73. The molecule has 2 aromatic heterocycles. The Bertz CT molecular complexity index is 1800. The van der Waals surface area contributed by atoms with Crippen molar-refractivity contribution in [1.29, 1.82) is 0 Å². The van der Waals surface area contributed by atoms with E-state index in [4.69, 9.17) is 0 Å². The van der Waals surface area contributed by atoms with Crippen molar-refractivity contribution >= 4 is 50.6 Å². The minimum Gasteiger partial charge on any atom is -0.321 e. The Balaban J connectivity index is 1.40. The molecule has 2 aromatic carbocycles.